The summed E-state index contributed by atoms with van der Waals surface area (Å²) in [5.74, 6) is -6.11. The molecule has 0 aliphatic rings. The molecule has 0 heterocycles. The number of halogens is 5. The molecule has 118 valence electrons. The third kappa shape index (κ3) is 3.60. The van der Waals surface area contributed by atoms with Gasteiger partial charge in [0, 0.05) is 6.92 Å². The Kier molecular flexibility index (Phi) is 4.77. The minimum absolute atomic E-state index is 0.115. The fraction of sp³-hybridized carbons (Fsp3) is 0.417. The molecule has 1 rings (SSSR count). The lowest BCUT2D eigenvalue weighted by molar-refractivity contribution is -0.291. The van der Waals surface area contributed by atoms with Crippen LogP contribution in [-0.4, -0.2) is 25.2 Å². The topological polar surface area (TPSA) is 61.6 Å². The molecule has 0 unspecified atom stereocenters. The summed E-state index contributed by atoms with van der Waals surface area (Å²) < 4.78 is 72.7. The molecular formula is C12H12F5NO3. The van der Waals surface area contributed by atoms with Gasteiger partial charge in [-0.15, -0.1) is 0 Å². The Morgan fingerprint density at radius 3 is 2.19 bits per heavy atom. The molecule has 0 aromatic heterocycles. The van der Waals surface area contributed by atoms with E-state index >= 15 is 0 Å². The third-order valence-corrected chi connectivity index (χ3v) is 2.57. The van der Waals surface area contributed by atoms with Gasteiger partial charge in [0.05, 0.1) is 7.11 Å². The van der Waals surface area contributed by atoms with Crippen LogP contribution in [0.3, 0.4) is 0 Å². The second kappa shape index (κ2) is 5.84. The van der Waals surface area contributed by atoms with Crippen molar-refractivity contribution in [3.63, 3.8) is 0 Å². The molecule has 0 fully saturated rings. The summed E-state index contributed by atoms with van der Waals surface area (Å²) in [6, 6.07) is 0.188. The van der Waals surface area contributed by atoms with Gasteiger partial charge in [-0.1, -0.05) is 6.07 Å². The minimum atomic E-state index is -5.78. The van der Waals surface area contributed by atoms with Gasteiger partial charge in [0.25, 0.3) is 0 Å². The molecular weight excluding hydrogens is 301 g/mol. The van der Waals surface area contributed by atoms with E-state index in [-0.39, 0.29) is 11.5 Å². The van der Waals surface area contributed by atoms with Crippen LogP contribution in [0.2, 0.25) is 0 Å². The van der Waals surface area contributed by atoms with E-state index in [2.05, 4.69) is 0 Å². The average molecular weight is 313 g/mol. The molecule has 0 aliphatic carbocycles. The van der Waals surface area contributed by atoms with Gasteiger partial charge in [0.1, 0.15) is 6.04 Å². The van der Waals surface area contributed by atoms with Crippen LogP contribution < -0.4 is 15.2 Å². The maximum atomic E-state index is 13.2. The standard InChI is InChI=1S/C12H12F5NO3/c1-6(19)21-8-4-3-7(5-9(8)20-2)10(18)11(13,14)12(15,16)17/h3-5,10H,18H2,1-2H3/t10-/m1/s1. The van der Waals surface area contributed by atoms with E-state index in [4.69, 9.17) is 15.2 Å². The molecule has 0 aliphatic heterocycles. The number of nitrogens with two attached hydrogens (primary N) is 1. The van der Waals surface area contributed by atoms with Crippen LogP contribution in [0.25, 0.3) is 0 Å². The van der Waals surface area contributed by atoms with Gasteiger partial charge in [-0.3, -0.25) is 4.79 Å². The number of hydrogen-bond donors (Lipinski definition) is 1. The first-order valence-electron chi connectivity index (χ1n) is 5.57. The van der Waals surface area contributed by atoms with Crippen molar-refractivity contribution in [3.05, 3.63) is 23.8 Å². The first-order chi connectivity index (χ1) is 9.50. The SMILES string of the molecule is COc1cc([C@@H](N)C(F)(F)C(F)(F)F)ccc1OC(C)=O. The highest BCUT2D eigenvalue weighted by Gasteiger charge is 2.61. The number of rotatable bonds is 4. The predicted octanol–water partition coefficient (Wildman–Crippen LogP) is 2.82. The lowest BCUT2D eigenvalue weighted by Gasteiger charge is -2.26. The van der Waals surface area contributed by atoms with Gasteiger partial charge in [-0.05, 0) is 17.7 Å². The summed E-state index contributed by atoms with van der Waals surface area (Å²) in [5.41, 5.74) is 4.49. The van der Waals surface area contributed by atoms with Gasteiger partial charge < -0.3 is 15.2 Å². The van der Waals surface area contributed by atoms with E-state index in [1.807, 2.05) is 0 Å². The molecule has 0 saturated heterocycles. The molecule has 1 aromatic rings. The molecule has 0 spiro atoms. The summed E-state index contributed by atoms with van der Waals surface area (Å²) >= 11 is 0. The van der Waals surface area contributed by atoms with Crippen molar-refractivity contribution in [3.8, 4) is 11.5 Å². The smallest absolute Gasteiger partial charge is 0.455 e. The second-order valence-electron chi connectivity index (χ2n) is 4.10. The number of hydrogen-bond acceptors (Lipinski definition) is 4. The fourth-order valence-electron chi connectivity index (χ4n) is 1.50. The molecule has 0 saturated carbocycles. The van der Waals surface area contributed by atoms with Crippen molar-refractivity contribution in [1.29, 1.82) is 0 Å². The Morgan fingerprint density at radius 1 is 1.19 bits per heavy atom. The summed E-state index contributed by atoms with van der Waals surface area (Å²) in [4.78, 5) is 10.8. The van der Waals surface area contributed by atoms with E-state index in [0.717, 1.165) is 32.2 Å². The van der Waals surface area contributed by atoms with Crippen LogP contribution in [0.15, 0.2) is 18.2 Å². The lowest BCUT2D eigenvalue weighted by atomic mass is 10.0. The first-order valence-corrected chi connectivity index (χ1v) is 5.57. The number of benzene rings is 1. The zero-order valence-electron chi connectivity index (χ0n) is 11.0. The van der Waals surface area contributed by atoms with Gasteiger partial charge in [-0.25, -0.2) is 0 Å². The summed E-state index contributed by atoms with van der Waals surface area (Å²) in [5, 5.41) is 0. The largest absolute Gasteiger partial charge is 0.493 e. The van der Waals surface area contributed by atoms with Crippen LogP contribution in [-0.2, 0) is 4.79 Å². The van der Waals surface area contributed by atoms with Crippen LogP contribution in [0.4, 0.5) is 22.0 Å². The van der Waals surface area contributed by atoms with Crippen LogP contribution in [0, 0.1) is 0 Å². The number of carbonyl (C=O) groups is 1. The van der Waals surface area contributed by atoms with E-state index in [9.17, 15) is 26.7 Å². The van der Waals surface area contributed by atoms with Crippen molar-refractivity contribution in [2.24, 2.45) is 5.73 Å². The van der Waals surface area contributed by atoms with Crippen molar-refractivity contribution < 1.29 is 36.2 Å². The van der Waals surface area contributed by atoms with Gasteiger partial charge in [0.2, 0.25) is 0 Å². The average Bonchev–Trinajstić information content (AvgIpc) is 2.36. The quantitative estimate of drug-likeness (QED) is 0.527. The van der Waals surface area contributed by atoms with Crippen LogP contribution in [0.5, 0.6) is 11.5 Å². The third-order valence-electron chi connectivity index (χ3n) is 2.57. The Hall–Kier alpha value is -1.90. The van der Waals surface area contributed by atoms with E-state index in [1.54, 1.807) is 0 Å². The molecule has 2 N–H and O–H groups in total. The number of esters is 1. The molecule has 4 nitrogen and oxygen atoms in total. The van der Waals surface area contributed by atoms with E-state index in [0.29, 0.717) is 0 Å². The molecule has 1 aromatic carbocycles. The van der Waals surface area contributed by atoms with Gasteiger partial charge in [0.15, 0.2) is 11.5 Å². The highest BCUT2D eigenvalue weighted by atomic mass is 19.4. The Bertz CT molecular complexity index is 530. The van der Waals surface area contributed by atoms with Crippen molar-refractivity contribution >= 4 is 5.97 Å². The van der Waals surface area contributed by atoms with Crippen molar-refractivity contribution in [1.82, 2.24) is 0 Å². The minimum Gasteiger partial charge on any atom is -0.493 e. The number of ether oxygens (including phenoxy) is 2. The molecule has 1 atom stereocenters. The summed E-state index contributed by atoms with van der Waals surface area (Å²) in [7, 11) is 1.14. The number of alkyl halides is 5. The summed E-state index contributed by atoms with van der Waals surface area (Å²) in [6.07, 6.45) is -5.78. The Morgan fingerprint density at radius 2 is 1.76 bits per heavy atom. The highest BCUT2D eigenvalue weighted by Crippen LogP contribution is 2.44. The number of carbonyl (C=O) groups excluding carboxylic acids is 1. The van der Waals surface area contributed by atoms with Gasteiger partial charge >= 0.3 is 18.1 Å². The van der Waals surface area contributed by atoms with Crippen molar-refractivity contribution in [2.45, 2.75) is 25.1 Å². The monoisotopic (exact) mass is 313 g/mol. The summed E-state index contributed by atoms with van der Waals surface area (Å²) in [6.45, 7) is 1.09. The second-order valence-corrected chi connectivity index (χ2v) is 4.10. The fourth-order valence-corrected chi connectivity index (χ4v) is 1.50. The molecule has 9 heteroatoms. The van der Waals surface area contributed by atoms with E-state index < -0.39 is 29.7 Å². The Labute approximate surface area is 116 Å². The van der Waals surface area contributed by atoms with Gasteiger partial charge in [-0.2, -0.15) is 22.0 Å². The predicted molar refractivity (Wildman–Crippen MR) is 62.2 cm³/mol. The zero-order chi connectivity index (χ0) is 16.4. The first kappa shape index (κ1) is 17.2. The van der Waals surface area contributed by atoms with Crippen molar-refractivity contribution in [2.75, 3.05) is 7.11 Å². The Balaban J connectivity index is 3.18. The maximum absolute atomic E-state index is 13.2. The molecule has 0 bridgehead atoms. The number of methoxy groups -OCH3 is 1. The molecule has 0 radical (unpaired) electrons. The van der Waals surface area contributed by atoms with E-state index in [1.165, 1.54) is 0 Å². The van der Waals surface area contributed by atoms with Crippen LogP contribution >= 0.6 is 0 Å². The molecule has 21 heavy (non-hydrogen) atoms. The normalized spacial score (nSPS) is 13.7. The zero-order valence-corrected chi connectivity index (χ0v) is 11.0. The highest BCUT2D eigenvalue weighted by molar-refractivity contribution is 5.70. The maximum Gasteiger partial charge on any atom is 0.455 e. The van der Waals surface area contributed by atoms with Crippen LogP contribution in [0.1, 0.15) is 18.5 Å². The molecule has 0 amide bonds. The lowest BCUT2D eigenvalue weighted by Crippen LogP contribution is -2.45.